The number of aromatic nitrogens is 2. The number of carbonyl (C=O) groups excluding carboxylic acids is 2. The molecule has 0 atom stereocenters. The first-order chi connectivity index (χ1) is 15.2. The van der Waals surface area contributed by atoms with Gasteiger partial charge in [0.05, 0.1) is 18.5 Å². The molecule has 1 N–H and O–H groups in total. The molecule has 0 fully saturated rings. The van der Waals surface area contributed by atoms with E-state index in [0.717, 1.165) is 36.8 Å². The number of anilines is 1. The Labute approximate surface area is 194 Å². The van der Waals surface area contributed by atoms with Crippen LogP contribution in [0.4, 0.5) is 15.5 Å². The molecule has 0 saturated heterocycles. The SMILES string of the molecule is CCCCOC(=O)Nc1ncc(-c2ccc(C#CCCCCl)cc2)n1C(=O)OC(C)(C)C. The van der Waals surface area contributed by atoms with Crippen molar-refractivity contribution in [3.8, 4) is 23.1 Å². The number of ether oxygens (including phenoxy) is 2. The Kier molecular flexibility index (Phi) is 9.61. The Morgan fingerprint density at radius 1 is 1.19 bits per heavy atom. The fraction of sp³-hybridized carbons (Fsp3) is 0.458. The van der Waals surface area contributed by atoms with Gasteiger partial charge in [0.15, 0.2) is 0 Å². The van der Waals surface area contributed by atoms with Crippen LogP contribution in [0.5, 0.6) is 0 Å². The molecule has 0 radical (unpaired) electrons. The summed E-state index contributed by atoms with van der Waals surface area (Å²) in [7, 11) is 0. The van der Waals surface area contributed by atoms with Gasteiger partial charge < -0.3 is 9.47 Å². The molecule has 0 unspecified atom stereocenters. The van der Waals surface area contributed by atoms with Gasteiger partial charge in [0.25, 0.3) is 0 Å². The number of alkyl halides is 1. The molecule has 0 bridgehead atoms. The first-order valence-corrected chi connectivity index (χ1v) is 11.2. The van der Waals surface area contributed by atoms with Crippen molar-refractivity contribution >= 4 is 29.7 Å². The molecule has 0 aliphatic heterocycles. The third-order valence-electron chi connectivity index (χ3n) is 4.13. The number of nitrogens with one attached hydrogen (secondary N) is 1. The fourth-order valence-corrected chi connectivity index (χ4v) is 2.75. The van der Waals surface area contributed by atoms with E-state index in [4.69, 9.17) is 21.1 Å². The second-order valence-corrected chi connectivity index (χ2v) is 8.45. The number of carbonyl (C=O) groups is 2. The molecule has 2 rings (SSSR count). The van der Waals surface area contributed by atoms with Crippen molar-refractivity contribution in [2.45, 2.75) is 59.0 Å². The van der Waals surface area contributed by atoms with Crippen molar-refractivity contribution in [1.82, 2.24) is 9.55 Å². The molecule has 1 aromatic heterocycles. The van der Waals surface area contributed by atoms with Gasteiger partial charge in [0, 0.05) is 23.4 Å². The predicted molar refractivity (Wildman–Crippen MR) is 126 cm³/mol. The summed E-state index contributed by atoms with van der Waals surface area (Å²) in [5.74, 6) is 6.78. The van der Waals surface area contributed by atoms with Crippen LogP contribution in [0.1, 0.15) is 58.9 Å². The van der Waals surface area contributed by atoms with Gasteiger partial charge in [-0.25, -0.2) is 19.1 Å². The summed E-state index contributed by atoms with van der Waals surface area (Å²) in [6.07, 6.45) is 3.41. The molecule has 0 aliphatic rings. The quantitative estimate of drug-likeness (QED) is 0.309. The van der Waals surface area contributed by atoms with Gasteiger partial charge in [-0.3, -0.25) is 5.32 Å². The Hall–Kier alpha value is -2.98. The molecule has 1 heterocycles. The zero-order chi connectivity index (χ0) is 23.6. The van der Waals surface area contributed by atoms with Crippen LogP contribution in [-0.2, 0) is 9.47 Å². The van der Waals surface area contributed by atoms with Crippen LogP contribution in [0.25, 0.3) is 11.3 Å². The minimum Gasteiger partial charge on any atom is -0.449 e. The molecule has 172 valence electrons. The van der Waals surface area contributed by atoms with Gasteiger partial charge >= 0.3 is 12.2 Å². The molecule has 2 aromatic rings. The van der Waals surface area contributed by atoms with E-state index >= 15 is 0 Å². The van der Waals surface area contributed by atoms with Crippen LogP contribution in [-0.4, -0.2) is 39.8 Å². The lowest BCUT2D eigenvalue weighted by molar-refractivity contribution is 0.0543. The van der Waals surface area contributed by atoms with Crippen molar-refractivity contribution in [2.24, 2.45) is 0 Å². The maximum Gasteiger partial charge on any atom is 0.421 e. The van der Waals surface area contributed by atoms with Crippen molar-refractivity contribution in [2.75, 3.05) is 17.8 Å². The number of unbranched alkanes of at least 4 members (excludes halogenated alkanes) is 2. The number of hydrogen-bond acceptors (Lipinski definition) is 5. The summed E-state index contributed by atoms with van der Waals surface area (Å²) in [5.41, 5.74) is 1.33. The van der Waals surface area contributed by atoms with Crippen LogP contribution >= 0.6 is 11.6 Å². The first-order valence-electron chi connectivity index (χ1n) is 10.6. The highest BCUT2D eigenvalue weighted by molar-refractivity contribution is 6.17. The summed E-state index contributed by atoms with van der Waals surface area (Å²) >= 11 is 5.67. The van der Waals surface area contributed by atoms with Crippen molar-refractivity contribution in [3.63, 3.8) is 0 Å². The number of benzene rings is 1. The lowest BCUT2D eigenvalue weighted by Crippen LogP contribution is -2.29. The Morgan fingerprint density at radius 2 is 1.91 bits per heavy atom. The maximum atomic E-state index is 12.9. The fourth-order valence-electron chi connectivity index (χ4n) is 2.62. The second kappa shape index (κ2) is 12.2. The molecule has 0 spiro atoms. The van der Waals surface area contributed by atoms with E-state index in [1.807, 2.05) is 31.2 Å². The Bertz CT molecular complexity index is 966. The number of imidazole rings is 1. The summed E-state index contributed by atoms with van der Waals surface area (Å²) in [5, 5.41) is 2.53. The van der Waals surface area contributed by atoms with Crippen molar-refractivity contribution < 1.29 is 19.1 Å². The highest BCUT2D eigenvalue weighted by atomic mass is 35.5. The smallest absolute Gasteiger partial charge is 0.421 e. The van der Waals surface area contributed by atoms with Gasteiger partial charge in [-0.15, -0.1) is 11.6 Å². The first kappa shape index (κ1) is 25.3. The van der Waals surface area contributed by atoms with E-state index in [2.05, 4.69) is 22.1 Å². The van der Waals surface area contributed by atoms with Crippen LogP contribution in [0.15, 0.2) is 30.5 Å². The van der Waals surface area contributed by atoms with E-state index < -0.39 is 17.8 Å². The average Bonchev–Trinajstić information content (AvgIpc) is 3.14. The minimum absolute atomic E-state index is 0.0284. The number of halogens is 1. The Balaban J connectivity index is 2.31. The van der Waals surface area contributed by atoms with E-state index in [0.29, 0.717) is 11.6 Å². The van der Waals surface area contributed by atoms with E-state index in [1.165, 1.54) is 10.8 Å². The largest absolute Gasteiger partial charge is 0.449 e. The van der Waals surface area contributed by atoms with Gasteiger partial charge in [0.1, 0.15) is 5.60 Å². The van der Waals surface area contributed by atoms with Crippen LogP contribution in [0.2, 0.25) is 0 Å². The average molecular weight is 460 g/mol. The van der Waals surface area contributed by atoms with Crippen molar-refractivity contribution in [1.29, 1.82) is 0 Å². The summed E-state index contributed by atoms with van der Waals surface area (Å²) in [6.45, 7) is 7.59. The zero-order valence-corrected chi connectivity index (χ0v) is 19.8. The molecule has 0 aliphatic carbocycles. The van der Waals surface area contributed by atoms with E-state index in [-0.39, 0.29) is 12.6 Å². The van der Waals surface area contributed by atoms with Crippen LogP contribution in [0, 0.1) is 11.8 Å². The number of rotatable bonds is 7. The van der Waals surface area contributed by atoms with Gasteiger partial charge in [0.2, 0.25) is 5.95 Å². The molecule has 32 heavy (non-hydrogen) atoms. The summed E-state index contributed by atoms with van der Waals surface area (Å²) in [6, 6.07) is 7.41. The highest BCUT2D eigenvalue weighted by Gasteiger charge is 2.25. The van der Waals surface area contributed by atoms with Gasteiger partial charge in [-0.05, 0) is 45.7 Å². The minimum atomic E-state index is -0.722. The molecule has 0 saturated carbocycles. The van der Waals surface area contributed by atoms with Gasteiger partial charge in [-0.1, -0.05) is 37.3 Å². The lowest BCUT2D eigenvalue weighted by Gasteiger charge is -2.21. The third-order valence-corrected chi connectivity index (χ3v) is 4.40. The predicted octanol–water partition coefficient (Wildman–Crippen LogP) is 6.05. The molecular weight excluding hydrogens is 430 g/mol. The standard InChI is InChI=1S/C24H30ClN3O4/c1-5-6-16-31-22(29)27-21-26-17-20(28(21)23(30)32-24(2,3)4)19-13-11-18(12-14-19)10-8-7-9-15-25/h11-14,17H,5-7,9,15-16H2,1-4H3,(H,26,27,29). The number of amides is 1. The number of nitrogens with zero attached hydrogens (tertiary/aromatic N) is 2. The van der Waals surface area contributed by atoms with E-state index in [1.54, 1.807) is 20.8 Å². The zero-order valence-electron chi connectivity index (χ0n) is 19.0. The highest BCUT2D eigenvalue weighted by Crippen LogP contribution is 2.25. The lowest BCUT2D eigenvalue weighted by atomic mass is 10.1. The van der Waals surface area contributed by atoms with Crippen LogP contribution in [0.3, 0.4) is 0 Å². The normalized spacial score (nSPS) is 10.8. The summed E-state index contributed by atoms with van der Waals surface area (Å²) in [4.78, 5) is 29.3. The molecule has 8 heteroatoms. The monoisotopic (exact) mass is 459 g/mol. The summed E-state index contributed by atoms with van der Waals surface area (Å²) < 4.78 is 11.9. The molecular formula is C24H30ClN3O4. The number of hydrogen-bond donors (Lipinski definition) is 1. The van der Waals surface area contributed by atoms with Crippen LogP contribution < -0.4 is 5.32 Å². The second-order valence-electron chi connectivity index (χ2n) is 8.07. The molecule has 1 amide bonds. The third kappa shape index (κ3) is 7.93. The Morgan fingerprint density at radius 3 is 2.53 bits per heavy atom. The van der Waals surface area contributed by atoms with Gasteiger partial charge in [-0.2, -0.15) is 0 Å². The van der Waals surface area contributed by atoms with Crippen molar-refractivity contribution in [3.05, 3.63) is 36.0 Å². The molecule has 1 aromatic carbocycles. The molecule has 7 nitrogen and oxygen atoms in total. The topological polar surface area (TPSA) is 82.5 Å². The maximum absolute atomic E-state index is 12.9. The van der Waals surface area contributed by atoms with E-state index in [9.17, 15) is 9.59 Å².